The van der Waals surface area contributed by atoms with E-state index in [2.05, 4.69) is 40.0 Å². The van der Waals surface area contributed by atoms with Crippen molar-refractivity contribution in [3.05, 3.63) is 53.7 Å². The van der Waals surface area contributed by atoms with Crippen LogP contribution in [0.15, 0.2) is 48.2 Å². The molecular formula is C16H18N2O. The van der Waals surface area contributed by atoms with Crippen LogP contribution in [0.25, 0.3) is 0 Å². The van der Waals surface area contributed by atoms with Crippen LogP contribution in [0.2, 0.25) is 0 Å². The van der Waals surface area contributed by atoms with Crippen molar-refractivity contribution in [1.82, 2.24) is 9.80 Å². The Balaban J connectivity index is 1.79. The second-order valence-corrected chi connectivity index (χ2v) is 5.15. The molecule has 0 amide bonds. The average Bonchev–Trinajstić information content (AvgIpc) is 3.08. The number of likely N-dealkylation sites (tertiary alicyclic amines) is 1. The van der Waals surface area contributed by atoms with Gasteiger partial charge in [0.25, 0.3) is 0 Å². The van der Waals surface area contributed by atoms with E-state index in [1.807, 2.05) is 18.3 Å². The van der Waals surface area contributed by atoms with Crippen LogP contribution in [0.3, 0.4) is 0 Å². The molecule has 1 fully saturated rings. The third kappa shape index (κ3) is 2.48. The lowest BCUT2D eigenvalue weighted by Crippen LogP contribution is -2.43. The Morgan fingerprint density at radius 1 is 1.16 bits per heavy atom. The molecule has 0 N–H and O–H groups in total. The van der Waals surface area contributed by atoms with Crippen molar-refractivity contribution in [2.45, 2.75) is 25.6 Å². The Bertz CT molecular complexity index is 511. The summed E-state index contributed by atoms with van der Waals surface area (Å²) in [6.45, 7) is 2.98. The van der Waals surface area contributed by atoms with Crippen molar-refractivity contribution in [2.75, 3.05) is 13.1 Å². The molecule has 1 aromatic carbocycles. The van der Waals surface area contributed by atoms with Gasteiger partial charge in [-0.05, 0) is 24.5 Å². The van der Waals surface area contributed by atoms with Gasteiger partial charge in [-0.2, -0.15) is 0 Å². The second kappa shape index (κ2) is 5.43. The molecular weight excluding hydrogens is 236 g/mol. The Morgan fingerprint density at radius 3 is 2.58 bits per heavy atom. The lowest BCUT2D eigenvalue weighted by atomic mass is 10.2. The first kappa shape index (κ1) is 12.2. The van der Waals surface area contributed by atoms with Crippen LogP contribution in [0, 0.1) is 0 Å². The summed E-state index contributed by atoms with van der Waals surface area (Å²) in [4.78, 5) is 15.7. The smallest absolute Gasteiger partial charge is 0.131 e. The molecule has 0 aliphatic carbocycles. The van der Waals surface area contributed by atoms with Crippen LogP contribution in [0.5, 0.6) is 0 Å². The fraction of sp³-hybridized carbons (Fsp3) is 0.375. The van der Waals surface area contributed by atoms with Gasteiger partial charge in [-0.3, -0.25) is 4.90 Å². The maximum absolute atomic E-state index is 11.1. The fourth-order valence-corrected chi connectivity index (χ4v) is 2.94. The van der Waals surface area contributed by atoms with Crippen molar-refractivity contribution in [3.8, 4) is 0 Å². The Hall–Kier alpha value is -1.83. The molecule has 0 aromatic heterocycles. The van der Waals surface area contributed by atoms with Crippen LogP contribution < -0.4 is 0 Å². The Kier molecular flexibility index (Phi) is 3.49. The monoisotopic (exact) mass is 254 g/mol. The number of hydrogen-bond acceptors (Lipinski definition) is 3. The molecule has 1 saturated heterocycles. The first-order chi connectivity index (χ1) is 9.38. The van der Waals surface area contributed by atoms with Crippen molar-refractivity contribution < 1.29 is 4.79 Å². The first-order valence-corrected chi connectivity index (χ1v) is 6.85. The second-order valence-electron chi connectivity index (χ2n) is 5.15. The molecule has 0 bridgehead atoms. The molecule has 3 nitrogen and oxygen atoms in total. The minimum atomic E-state index is 0.0835. The maximum Gasteiger partial charge on any atom is 0.131 e. The summed E-state index contributed by atoms with van der Waals surface area (Å²) in [5.41, 5.74) is 2.03. The van der Waals surface area contributed by atoms with E-state index in [-0.39, 0.29) is 6.17 Å². The van der Waals surface area contributed by atoms with Gasteiger partial charge in [0.05, 0.1) is 5.57 Å². The van der Waals surface area contributed by atoms with Crippen molar-refractivity contribution in [2.24, 2.45) is 0 Å². The van der Waals surface area contributed by atoms with E-state index in [0.717, 1.165) is 25.2 Å². The molecule has 0 spiro atoms. The molecule has 0 radical (unpaired) electrons. The van der Waals surface area contributed by atoms with E-state index in [0.29, 0.717) is 0 Å². The molecule has 19 heavy (non-hydrogen) atoms. The highest BCUT2D eigenvalue weighted by Gasteiger charge is 2.32. The van der Waals surface area contributed by atoms with Crippen molar-refractivity contribution in [3.63, 3.8) is 0 Å². The molecule has 3 heteroatoms. The zero-order chi connectivity index (χ0) is 13.1. The van der Waals surface area contributed by atoms with Crippen LogP contribution in [0.4, 0.5) is 0 Å². The van der Waals surface area contributed by atoms with Gasteiger partial charge >= 0.3 is 0 Å². The van der Waals surface area contributed by atoms with E-state index in [9.17, 15) is 4.79 Å². The molecule has 3 rings (SSSR count). The van der Waals surface area contributed by atoms with Crippen LogP contribution in [0.1, 0.15) is 18.4 Å². The molecule has 1 aromatic rings. The minimum absolute atomic E-state index is 0.0835. The van der Waals surface area contributed by atoms with E-state index in [1.165, 1.54) is 18.4 Å². The fourth-order valence-electron chi connectivity index (χ4n) is 2.94. The molecule has 1 atom stereocenters. The SMILES string of the molecule is O=C=C1C=CN(Cc2ccccc2)C1N1CCCC1. The summed E-state index contributed by atoms with van der Waals surface area (Å²) in [6, 6.07) is 10.4. The third-order valence-electron chi connectivity index (χ3n) is 3.85. The summed E-state index contributed by atoms with van der Waals surface area (Å²) < 4.78 is 0. The topological polar surface area (TPSA) is 23.6 Å². The van der Waals surface area contributed by atoms with Gasteiger partial charge < -0.3 is 4.90 Å². The number of benzene rings is 1. The lowest BCUT2D eigenvalue weighted by molar-refractivity contribution is 0.136. The van der Waals surface area contributed by atoms with Gasteiger partial charge in [-0.25, -0.2) is 4.79 Å². The van der Waals surface area contributed by atoms with Crippen molar-refractivity contribution >= 4 is 5.94 Å². The van der Waals surface area contributed by atoms with Gasteiger partial charge in [-0.1, -0.05) is 30.3 Å². The summed E-state index contributed by atoms with van der Waals surface area (Å²) >= 11 is 0. The summed E-state index contributed by atoms with van der Waals surface area (Å²) in [5.74, 6) is 2.10. The van der Waals surface area contributed by atoms with E-state index in [4.69, 9.17) is 0 Å². The standard InChI is InChI=1S/C16H18N2O/c19-13-15-8-11-18(12-14-6-2-1-3-7-14)16(15)17-9-4-5-10-17/h1-3,6-8,11,16H,4-5,9-10,12H2. The van der Waals surface area contributed by atoms with Crippen LogP contribution >= 0.6 is 0 Å². The zero-order valence-corrected chi connectivity index (χ0v) is 11.0. The van der Waals surface area contributed by atoms with Gasteiger partial charge in [0.2, 0.25) is 0 Å². The number of carbonyl (C=O) groups excluding carboxylic acids is 1. The summed E-state index contributed by atoms with van der Waals surface area (Å²) in [7, 11) is 0. The lowest BCUT2D eigenvalue weighted by Gasteiger charge is -2.33. The number of hydrogen-bond donors (Lipinski definition) is 0. The molecule has 2 aliphatic heterocycles. The highest BCUT2D eigenvalue weighted by molar-refractivity contribution is 5.61. The number of nitrogens with zero attached hydrogens (tertiary/aromatic N) is 2. The van der Waals surface area contributed by atoms with Gasteiger partial charge in [0, 0.05) is 25.8 Å². The quantitative estimate of drug-likeness (QED) is 0.773. The highest BCUT2D eigenvalue weighted by Crippen LogP contribution is 2.27. The predicted octanol–water partition coefficient (Wildman–Crippen LogP) is 2.20. The highest BCUT2D eigenvalue weighted by atomic mass is 16.1. The van der Waals surface area contributed by atoms with Crippen LogP contribution in [-0.4, -0.2) is 35.0 Å². The number of rotatable bonds is 3. The van der Waals surface area contributed by atoms with Gasteiger partial charge in [-0.15, -0.1) is 0 Å². The molecule has 2 aliphatic rings. The first-order valence-electron chi connectivity index (χ1n) is 6.85. The largest absolute Gasteiger partial charge is 0.353 e. The van der Waals surface area contributed by atoms with E-state index in [1.54, 1.807) is 0 Å². The maximum atomic E-state index is 11.1. The third-order valence-corrected chi connectivity index (χ3v) is 3.85. The van der Waals surface area contributed by atoms with E-state index < -0.39 is 0 Å². The molecule has 1 unspecified atom stereocenters. The summed E-state index contributed by atoms with van der Waals surface area (Å²) in [6.07, 6.45) is 6.46. The zero-order valence-electron chi connectivity index (χ0n) is 11.0. The predicted molar refractivity (Wildman–Crippen MR) is 74.9 cm³/mol. The average molecular weight is 254 g/mol. The molecule has 0 saturated carbocycles. The molecule has 2 heterocycles. The van der Waals surface area contributed by atoms with E-state index >= 15 is 0 Å². The van der Waals surface area contributed by atoms with Crippen molar-refractivity contribution in [1.29, 1.82) is 0 Å². The Morgan fingerprint density at radius 2 is 1.89 bits per heavy atom. The normalized spacial score (nSPS) is 23.1. The van der Waals surface area contributed by atoms with Gasteiger partial charge in [0.15, 0.2) is 0 Å². The summed E-state index contributed by atoms with van der Waals surface area (Å²) in [5, 5.41) is 0. The Labute approximate surface area is 113 Å². The van der Waals surface area contributed by atoms with Crippen LogP contribution in [-0.2, 0) is 11.3 Å². The van der Waals surface area contributed by atoms with Gasteiger partial charge in [0.1, 0.15) is 12.1 Å². The molecule has 98 valence electrons. The minimum Gasteiger partial charge on any atom is -0.353 e.